The number of carbonyl (C=O) groups is 1. The number of fused-ring (bicyclic) bond motifs is 1. The number of hydrogen-bond acceptors (Lipinski definition) is 6. The fraction of sp³-hybridized carbons (Fsp3) is 0.684. The molecule has 2 heterocycles. The van der Waals surface area contributed by atoms with E-state index in [0.717, 1.165) is 0 Å². The molecule has 2 aromatic heterocycles. The van der Waals surface area contributed by atoms with Gasteiger partial charge in [-0.05, 0) is 13.3 Å². The highest BCUT2D eigenvalue weighted by Gasteiger charge is 2.18. The Bertz CT molecular complexity index is 765. The van der Waals surface area contributed by atoms with Gasteiger partial charge in [0.1, 0.15) is 0 Å². The zero-order valence-electron chi connectivity index (χ0n) is 18.2. The molecule has 0 spiro atoms. The van der Waals surface area contributed by atoms with Gasteiger partial charge in [0, 0.05) is 19.1 Å². The summed E-state index contributed by atoms with van der Waals surface area (Å²) in [6, 6.07) is -0.102. The predicted octanol–water partition coefficient (Wildman–Crippen LogP) is 2.72. The number of nitrogens with zero attached hydrogens (tertiary/aromatic N) is 3. The van der Waals surface area contributed by atoms with E-state index in [2.05, 4.69) is 20.3 Å². The molecule has 9 nitrogen and oxygen atoms in total. The average molecular weight is 398 g/mol. The van der Waals surface area contributed by atoms with Crippen LogP contribution in [0.1, 0.15) is 60.9 Å². The SMILES string of the molecule is CC.CC.COC(CO)CC(C)n1cnc2c(=O)[nH]c(NC(=O)C(C)C)nc21. The fourth-order valence-electron chi connectivity index (χ4n) is 2.31. The minimum absolute atomic E-state index is 0.0885. The zero-order chi connectivity index (χ0) is 21.9. The lowest BCUT2D eigenvalue weighted by Crippen LogP contribution is -2.23. The lowest BCUT2D eigenvalue weighted by Gasteiger charge is -2.19. The third kappa shape index (κ3) is 6.72. The summed E-state index contributed by atoms with van der Waals surface area (Å²) in [5.41, 5.74) is 0.149. The van der Waals surface area contributed by atoms with Gasteiger partial charge in [-0.1, -0.05) is 41.5 Å². The summed E-state index contributed by atoms with van der Waals surface area (Å²) in [7, 11) is 1.53. The first-order valence-corrected chi connectivity index (χ1v) is 9.78. The number of methoxy groups -OCH3 is 1. The molecule has 0 saturated carbocycles. The van der Waals surface area contributed by atoms with Crippen molar-refractivity contribution in [3.63, 3.8) is 0 Å². The number of anilines is 1. The molecule has 0 saturated heterocycles. The molecule has 2 rings (SSSR count). The van der Waals surface area contributed by atoms with E-state index in [0.29, 0.717) is 12.1 Å². The number of H-pyrrole nitrogens is 1. The van der Waals surface area contributed by atoms with Crippen molar-refractivity contribution in [1.29, 1.82) is 0 Å². The monoisotopic (exact) mass is 397 g/mol. The molecule has 0 aliphatic carbocycles. The minimum atomic E-state index is -0.421. The van der Waals surface area contributed by atoms with Gasteiger partial charge in [0.2, 0.25) is 11.9 Å². The number of rotatable bonds is 7. The number of ether oxygens (including phenoxy) is 1. The maximum Gasteiger partial charge on any atom is 0.280 e. The van der Waals surface area contributed by atoms with E-state index in [1.165, 1.54) is 13.4 Å². The number of hydrogen-bond donors (Lipinski definition) is 3. The highest BCUT2D eigenvalue weighted by Crippen LogP contribution is 2.19. The smallest absolute Gasteiger partial charge is 0.280 e. The van der Waals surface area contributed by atoms with Crippen LogP contribution in [0.3, 0.4) is 0 Å². The number of nitrogens with one attached hydrogen (secondary N) is 2. The maximum atomic E-state index is 12.1. The molecule has 2 unspecified atom stereocenters. The number of imidazole rings is 1. The molecule has 0 radical (unpaired) electrons. The Kier molecular flexibility index (Phi) is 12.0. The molecule has 2 aromatic rings. The summed E-state index contributed by atoms with van der Waals surface area (Å²) in [5.74, 6) is -0.385. The van der Waals surface area contributed by atoms with E-state index in [4.69, 9.17) is 4.74 Å². The van der Waals surface area contributed by atoms with E-state index >= 15 is 0 Å². The number of aliphatic hydroxyl groups excluding tert-OH is 1. The van der Waals surface area contributed by atoms with Crippen molar-refractivity contribution in [2.45, 2.75) is 67.0 Å². The second-order valence-corrected chi connectivity index (χ2v) is 6.01. The second-order valence-electron chi connectivity index (χ2n) is 6.01. The molecule has 3 N–H and O–H groups in total. The van der Waals surface area contributed by atoms with Crippen LogP contribution in [0.4, 0.5) is 5.95 Å². The highest BCUT2D eigenvalue weighted by molar-refractivity contribution is 5.91. The Morgan fingerprint density at radius 2 is 1.89 bits per heavy atom. The molecular weight excluding hydrogens is 362 g/mol. The molecule has 1 amide bonds. The van der Waals surface area contributed by atoms with Crippen LogP contribution < -0.4 is 10.9 Å². The summed E-state index contributed by atoms with van der Waals surface area (Å²) in [6.07, 6.45) is 1.73. The fourth-order valence-corrected chi connectivity index (χ4v) is 2.31. The van der Waals surface area contributed by atoms with Crippen molar-refractivity contribution in [2.75, 3.05) is 19.0 Å². The minimum Gasteiger partial charge on any atom is -0.394 e. The van der Waals surface area contributed by atoms with Gasteiger partial charge in [-0.15, -0.1) is 0 Å². The van der Waals surface area contributed by atoms with Gasteiger partial charge in [0.05, 0.1) is 19.0 Å². The quantitative estimate of drug-likeness (QED) is 0.660. The van der Waals surface area contributed by atoms with Gasteiger partial charge < -0.3 is 14.4 Å². The van der Waals surface area contributed by atoms with Crippen LogP contribution in [0.5, 0.6) is 0 Å². The Hall–Kier alpha value is -2.26. The largest absolute Gasteiger partial charge is 0.394 e. The Morgan fingerprint density at radius 1 is 1.29 bits per heavy atom. The van der Waals surface area contributed by atoms with E-state index in [1.807, 2.05) is 34.6 Å². The molecule has 0 aliphatic heterocycles. The molecule has 0 bridgehead atoms. The van der Waals surface area contributed by atoms with Crippen LogP contribution in [-0.4, -0.2) is 50.4 Å². The third-order valence-electron chi connectivity index (χ3n) is 3.81. The average Bonchev–Trinajstić information content (AvgIpc) is 3.13. The van der Waals surface area contributed by atoms with Crippen LogP contribution in [0.2, 0.25) is 0 Å². The summed E-state index contributed by atoms with van der Waals surface area (Å²) in [6.45, 7) is 13.3. The Balaban J connectivity index is 0.00000171. The van der Waals surface area contributed by atoms with Gasteiger partial charge in [-0.3, -0.25) is 19.9 Å². The summed E-state index contributed by atoms with van der Waals surface area (Å²) >= 11 is 0. The van der Waals surface area contributed by atoms with Crippen LogP contribution in [0.25, 0.3) is 11.2 Å². The van der Waals surface area contributed by atoms with Crippen molar-refractivity contribution in [3.05, 3.63) is 16.7 Å². The molecule has 160 valence electrons. The van der Waals surface area contributed by atoms with Crippen LogP contribution in [-0.2, 0) is 9.53 Å². The number of carbonyl (C=O) groups excluding carboxylic acids is 1. The highest BCUT2D eigenvalue weighted by atomic mass is 16.5. The Morgan fingerprint density at radius 3 is 2.39 bits per heavy atom. The van der Waals surface area contributed by atoms with Crippen molar-refractivity contribution in [3.8, 4) is 0 Å². The first-order valence-electron chi connectivity index (χ1n) is 9.78. The van der Waals surface area contributed by atoms with Crippen molar-refractivity contribution >= 4 is 23.0 Å². The number of aliphatic hydroxyl groups is 1. The number of amides is 1. The summed E-state index contributed by atoms with van der Waals surface area (Å²) < 4.78 is 6.91. The molecule has 0 fully saturated rings. The molecule has 2 atom stereocenters. The van der Waals surface area contributed by atoms with Gasteiger partial charge in [0.25, 0.3) is 5.56 Å². The van der Waals surface area contributed by atoms with Gasteiger partial charge >= 0.3 is 0 Å². The molecular formula is C19H35N5O4. The van der Waals surface area contributed by atoms with E-state index < -0.39 is 5.56 Å². The standard InChI is InChI=1S/C15H23N5O4.2C2H6/c1-8(2)13(22)18-15-17-12-11(14(23)19-15)16-7-20(12)9(3)5-10(6-21)24-4;2*1-2/h7-10,21H,5-6H2,1-4H3,(H2,17,18,19,22,23);2*1-2H3. The second kappa shape index (κ2) is 13.0. The molecule has 28 heavy (non-hydrogen) atoms. The molecule has 0 aliphatic rings. The van der Waals surface area contributed by atoms with Crippen molar-refractivity contribution in [2.24, 2.45) is 5.92 Å². The van der Waals surface area contributed by atoms with Crippen LogP contribution >= 0.6 is 0 Å². The zero-order valence-corrected chi connectivity index (χ0v) is 18.2. The summed E-state index contributed by atoms with van der Waals surface area (Å²) in [4.78, 5) is 34.8. The van der Waals surface area contributed by atoms with Gasteiger partial charge in [0.15, 0.2) is 11.2 Å². The van der Waals surface area contributed by atoms with E-state index in [9.17, 15) is 14.7 Å². The first kappa shape index (κ1) is 25.7. The third-order valence-corrected chi connectivity index (χ3v) is 3.81. The van der Waals surface area contributed by atoms with E-state index in [1.54, 1.807) is 18.4 Å². The molecule has 0 aromatic carbocycles. The van der Waals surface area contributed by atoms with Gasteiger partial charge in [-0.2, -0.15) is 4.98 Å². The predicted molar refractivity (Wildman–Crippen MR) is 112 cm³/mol. The van der Waals surface area contributed by atoms with Crippen LogP contribution in [0.15, 0.2) is 11.1 Å². The number of aromatic amines is 1. The van der Waals surface area contributed by atoms with Crippen molar-refractivity contribution in [1.82, 2.24) is 19.5 Å². The topological polar surface area (TPSA) is 122 Å². The normalized spacial score (nSPS) is 12.5. The number of aromatic nitrogens is 4. The van der Waals surface area contributed by atoms with Crippen molar-refractivity contribution < 1.29 is 14.6 Å². The Labute approximate surface area is 166 Å². The maximum absolute atomic E-state index is 12.1. The molecule has 9 heteroatoms. The lowest BCUT2D eigenvalue weighted by molar-refractivity contribution is -0.118. The lowest BCUT2D eigenvalue weighted by atomic mass is 10.1. The first-order chi connectivity index (χ1) is 13.4. The van der Waals surface area contributed by atoms with Gasteiger partial charge in [-0.25, -0.2) is 4.98 Å². The van der Waals surface area contributed by atoms with Crippen LogP contribution in [0, 0.1) is 5.92 Å². The van der Waals surface area contributed by atoms with E-state index in [-0.39, 0.29) is 42.0 Å². The summed E-state index contributed by atoms with van der Waals surface area (Å²) in [5, 5.41) is 11.8.